The van der Waals surface area contributed by atoms with Crippen LogP contribution in [0.3, 0.4) is 0 Å². The molecule has 0 saturated heterocycles. The molecule has 35 heavy (non-hydrogen) atoms. The van der Waals surface area contributed by atoms with Crippen LogP contribution in [0.15, 0.2) is 85.5 Å². The Bertz CT molecular complexity index is 1250. The van der Waals surface area contributed by atoms with Crippen LogP contribution >= 0.6 is 0 Å². The second kappa shape index (κ2) is 9.01. The van der Waals surface area contributed by atoms with Crippen molar-refractivity contribution in [1.82, 2.24) is 0 Å². The number of allylic oxidation sites excluding steroid dienone is 1. The lowest BCUT2D eigenvalue weighted by atomic mass is 9.63. The van der Waals surface area contributed by atoms with Gasteiger partial charge in [-0.15, -0.1) is 6.58 Å². The summed E-state index contributed by atoms with van der Waals surface area (Å²) in [6, 6.07) is 24.0. The lowest BCUT2D eigenvalue weighted by Gasteiger charge is -2.38. The molecule has 0 saturated carbocycles. The summed E-state index contributed by atoms with van der Waals surface area (Å²) in [5, 5.41) is 0. The fraction of sp³-hybridized carbons (Fsp3) is 0.323. The topological polar surface area (TPSA) is 38.8 Å². The molecule has 0 aliphatic carbocycles. The standard InChI is InChI=1S/C31H35NO3/c1-8-29(2,3)31(6)24-16-12-13-17-26(24)32(28(31)33)23-18-19-27(25(20-23)30(4,5)34-7)35-21-22-14-10-9-11-15-22/h8-20H,1,21H2,2-7H3/t31-/m0/s1. The Morgan fingerprint density at radius 3 is 2.29 bits per heavy atom. The van der Waals surface area contributed by atoms with Crippen LogP contribution < -0.4 is 9.64 Å². The second-order valence-corrected chi connectivity index (χ2v) is 10.4. The van der Waals surface area contributed by atoms with Gasteiger partial charge in [0.1, 0.15) is 12.4 Å². The molecule has 0 N–H and O–H groups in total. The predicted molar refractivity (Wildman–Crippen MR) is 142 cm³/mol. The molecule has 0 spiro atoms. The average Bonchev–Trinajstić information content (AvgIpc) is 3.11. The third kappa shape index (κ3) is 4.06. The molecule has 0 fully saturated rings. The minimum absolute atomic E-state index is 0.0303. The van der Waals surface area contributed by atoms with Crippen molar-refractivity contribution in [2.45, 2.75) is 52.2 Å². The van der Waals surface area contributed by atoms with Gasteiger partial charge in [0.05, 0.1) is 16.7 Å². The Morgan fingerprint density at radius 2 is 1.63 bits per heavy atom. The number of amides is 1. The number of methoxy groups -OCH3 is 1. The number of rotatable bonds is 8. The molecule has 3 aromatic carbocycles. The molecular weight excluding hydrogens is 434 g/mol. The first-order valence-corrected chi connectivity index (χ1v) is 12.0. The van der Waals surface area contributed by atoms with Crippen molar-refractivity contribution in [3.63, 3.8) is 0 Å². The summed E-state index contributed by atoms with van der Waals surface area (Å²) >= 11 is 0. The lowest BCUT2D eigenvalue weighted by Crippen LogP contribution is -2.46. The number of para-hydroxylation sites is 1. The zero-order chi connectivity index (χ0) is 25.4. The Hall–Kier alpha value is -3.37. The van der Waals surface area contributed by atoms with Crippen LogP contribution in [0, 0.1) is 5.41 Å². The molecular formula is C31H35NO3. The number of fused-ring (bicyclic) bond motifs is 1. The number of ether oxygens (including phenoxy) is 2. The van der Waals surface area contributed by atoms with Crippen LogP contribution in [0.4, 0.5) is 11.4 Å². The first kappa shape index (κ1) is 24.7. The van der Waals surface area contributed by atoms with Gasteiger partial charge in [-0.2, -0.15) is 0 Å². The highest BCUT2D eigenvalue weighted by Crippen LogP contribution is 2.54. The van der Waals surface area contributed by atoms with Gasteiger partial charge >= 0.3 is 0 Å². The van der Waals surface area contributed by atoms with E-state index in [2.05, 4.69) is 26.5 Å². The SMILES string of the molecule is C=CC(C)(C)[C@]1(C)C(=O)N(c2ccc(OCc3ccccc3)c(C(C)(C)OC)c2)c2ccccc21. The number of anilines is 2. The van der Waals surface area contributed by atoms with Crippen molar-refractivity contribution >= 4 is 17.3 Å². The molecule has 1 aliphatic heterocycles. The highest BCUT2D eigenvalue weighted by molar-refractivity contribution is 6.13. The van der Waals surface area contributed by atoms with Crippen molar-refractivity contribution < 1.29 is 14.3 Å². The van der Waals surface area contributed by atoms with Gasteiger partial charge < -0.3 is 9.47 Å². The summed E-state index contributed by atoms with van der Waals surface area (Å²) in [4.78, 5) is 16.0. The minimum atomic E-state index is -0.745. The summed E-state index contributed by atoms with van der Waals surface area (Å²) in [6.45, 7) is 14.7. The molecule has 0 unspecified atom stereocenters. The maximum absolute atomic E-state index is 14.1. The highest BCUT2D eigenvalue weighted by atomic mass is 16.5. The molecule has 3 aromatic rings. The summed E-state index contributed by atoms with van der Waals surface area (Å²) in [7, 11) is 1.69. The zero-order valence-corrected chi connectivity index (χ0v) is 21.6. The van der Waals surface area contributed by atoms with Crippen LogP contribution in [0.5, 0.6) is 5.75 Å². The molecule has 182 valence electrons. The lowest BCUT2D eigenvalue weighted by molar-refractivity contribution is -0.124. The Kier molecular flexibility index (Phi) is 6.37. The van der Waals surface area contributed by atoms with Gasteiger partial charge in [0.15, 0.2) is 0 Å². The maximum atomic E-state index is 14.1. The van der Waals surface area contributed by atoms with Crippen LogP contribution in [0.25, 0.3) is 0 Å². The Balaban J connectivity index is 1.81. The molecule has 0 radical (unpaired) electrons. The predicted octanol–water partition coefficient (Wildman–Crippen LogP) is 7.30. The molecule has 0 bridgehead atoms. The number of hydrogen-bond donors (Lipinski definition) is 0. The van der Waals surface area contributed by atoms with Gasteiger partial charge in [0.2, 0.25) is 5.91 Å². The molecule has 0 aromatic heterocycles. The molecule has 1 atom stereocenters. The Morgan fingerprint density at radius 1 is 0.971 bits per heavy atom. The summed E-state index contributed by atoms with van der Waals surface area (Å²) in [5.74, 6) is 0.765. The Labute approximate surface area is 209 Å². The summed E-state index contributed by atoms with van der Waals surface area (Å²) in [5.41, 5.74) is 2.86. The quantitative estimate of drug-likeness (QED) is 0.325. The number of hydrogen-bond acceptors (Lipinski definition) is 3. The first-order chi connectivity index (χ1) is 16.6. The highest BCUT2D eigenvalue weighted by Gasteiger charge is 2.55. The molecule has 4 heteroatoms. The third-order valence-corrected chi connectivity index (χ3v) is 7.73. The fourth-order valence-corrected chi connectivity index (χ4v) is 4.72. The monoisotopic (exact) mass is 469 g/mol. The largest absolute Gasteiger partial charge is 0.489 e. The van der Waals surface area contributed by atoms with Crippen molar-refractivity contribution in [1.29, 1.82) is 0 Å². The van der Waals surface area contributed by atoms with Crippen molar-refractivity contribution in [2.75, 3.05) is 12.0 Å². The van der Waals surface area contributed by atoms with Crippen LogP contribution in [-0.4, -0.2) is 13.0 Å². The second-order valence-electron chi connectivity index (χ2n) is 10.4. The van der Waals surface area contributed by atoms with Gasteiger partial charge in [0, 0.05) is 23.8 Å². The van der Waals surface area contributed by atoms with E-state index in [1.54, 1.807) is 7.11 Å². The number of benzene rings is 3. The van der Waals surface area contributed by atoms with E-state index in [4.69, 9.17) is 9.47 Å². The third-order valence-electron chi connectivity index (χ3n) is 7.73. The van der Waals surface area contributed by atoms with Gasteiger partial charge in [-0.25, -0.2) is 0 Å². The van der Waals surface area contributed by atoms with Gasteiger partial charge in [-0.05, 0) is 56.2 Å². The zero-order valence-electron chi connectivity index (χ0n) is 21.6. The molecule has 4 nitrogen and oxygen atoms in total. The average molecular weight is 470 g/mol. The van der Waals surface area contributed by atoms with E-state index in [9.17, 15) is 4.79 Å². The number of carbonyl (C=O) groups excluding carboxylic acids is 1. The van der Waals surface area contributed by atoms with Crippen molar-refractivity contribution in [2.24, 2.45) is 5.41 Å². The number of carbonyl (C=O) groups is 1. The normalized spacial score (nSPS) is 17.9. The van der Waals surface area contributed by atoms with E-state index in [0.29, 0.717) is 6.61 Å². The van der Waals surface area contributed by atoms with E-state index in [0.717, 1.165) is 33.8 Å². The van der Waals surface area contributed by atoms with E-state index < -0.39 is 16.4 Å². The molecule has 1 heterocycles. The summed E-state index contributed by atoms with van der Waals surface area (Å²) in [6.07, 6.45) is 1.88. The molecule has 1 amide bonds. The first-order valence-electron chi connectivity index (χ1n) is 12.0. The minimum Gasteiger partial charge on any atom is -0.489 e. The van der Waals surface area contributed by atoms with Crippen LogP contribution in [0.1, 0.15) is 51.3 Å². The van der Waals surface area contributed by atoms with Crippen LogP contribution in [-0.2, 0) is 27.2 Å². The van der Waals surface area contributed by atoms with Gasteiger partial charge in [0.25, 0.3) is 0 Å². The van der Waals surface area contributed by atoms with Crippen molar-refractivity contribution in [3.05, 3.63) is 102 Å². The van der Waals surface area contributed by atoms with E-state index in [1.807, 2.05) is 98.5 Å². The molecule has 1 aliphatic rings. The maximum Gasteiger partial charge on any atom is 0.242 e. The fourth-order valence-electron chi connectivity index (χ4n) is 4.72. The smallest absolute Gasteiger partial charge is 0.242 e. The van der Waals surface area contributed by atoms with Gasteiger partial charge in [-0.1, -0.05) is 68.5 Å². The summed E-state index contributed by atoms with van der Waals surface area (Å²) < 4.78 is 12.1. The van der Waals surface area contributed by atoms with E-state index in [1.165, 1.54) is 0 Å². The van der Waals surface area contributed by atoms with E-state index in [-0.39, 0.29) is 5.91 Å². The van der Waals surface area contributed by atoms with E-state index >= 15 is 0 Å². The van der Waals surface area contributed by atoms with Crippen molar-refractivity contribution in [3.8, 4) is 5.75 Å². The van der Waals surface area contributed by atoms with Crippen LogP contribution in [0.2, 0.25) is 0 Å². The molecule has 4 rings (SSSR count). The van der Waals surface area contributed by atoms with Gasteiger partial charge in [-0.3, -0.25) is 9.69 Å². The number of nitrogens with zero attached hydrogens (tertiary/aromatic N) is 1.